The summed E-state index contributed by atoms with van der Waals surface area (Å²) in [5.74, 6) is 2.11. The van der Waals surface area contributed by atoms with Gasteiger partial charge in [0, 0.05) is 54.3 Å². The standard InChI is InChI=1S/C46H32O2S8/c49-35-25-11-3-4-12-26(25)36(50)29(35)19-23-21-31-39(53-23)41-33(47-45(31)15-7-1-8-16-45)43-44(55-41)34-42(56-43)40-32(46(48-34)17-9-2-10-18-46)22-24(54-40)20-30-37(51)27-13-5-6-14-28(27)38(30)52/h3-6,11-14,19-22H,1-2,7-10,15-18H2. The molecular weight excluding hydrogens is 841 g/mol. The maximum Gasteiger partial charge on any atom is 0.158 e. The Hall–Kier alpha value is -3.06. The van der Waals surface area contributed by atoms with Crippen LogP contribution in [0.2, 0.25) is 0 Å². The van der Waals surface area contributed by atoms with Gasteiger partial charge in [0.1, 0.15) is 11.2 Å². The summed E-state index contributed by atoms with van der Waals surface area (Å²) in [5.41, 5.74) is 8.27. The molecule has 12 rings (SSSR count). The molecule has 6 aliphatic rings. The zero-order valence-corrected chi connectivity index (χ0v) is 36.6. The number of allylic oxidation sites excluding steroid dienone is 2. The number of hydrogen-bond donors (Lipinski definition) is 0. The van der Waals surface area contributed by atoms with Crippen molar-refractivity contribution in [1.82, 2.24) is 0 Å². The minimum Gasteiger partial charge on any atom is -0.479 e. The third-order valence-electron chi connectivity index (χ3n) is 12.6. The molecule has 6 aromatic rings. The molecule has 0 saturated heterocycles. The van der Waals surface area contributed by atoms with Crippen LogP contribution in [0, 0.1) is 0 Å². The van der Waals surface area contributed by atoms with Crippen LogP contribution >= 0.6 is 94.2 Å². The normalized spacial score (nSPS) is 19.7. The largest absolute Gasteiger partial charge is 0.479 e. The van der Waals surface area contributed by atoms with E-state index in [0.717, 1.165) is 90.0 Å². The van der Waals surface area contributed by atoms with Gasteiger partial charge >= 0.3 is 0 Å². The number of thiocarbonyl (C=S) groups is 4. The van der Waals surface area contributed by atoms with Crippen molar-refractivity contribution >= 4 is 135 Å². The summed E-state index contributed by atoms with van der Waals surface area (Å²) in [6.45, 7) is 0. The van der Waals surface area contributed by atoms with Crippen molar-refractivity contribution in [1.29, 1.82) is 0 Å². The highest BCUT2D eigenvalue weighted by Gasteiger charge is 2.48. The van der Waals surface area contributed by atoms with Gasteiger partial charge in [0.25, 0.3) is 0 Å². The monoisotopic (exact) mass is 872 g/mol. The van der Waals surface area contributed by atoms with Gasteiger partial charge in [-0.1, -0.05) is 110 Å². The third-order valence-corrected chi connectivity index (χ3v) is 19.4. The first kappa shape index (κ1) is 34.9. The molecule has 0 amide bonds. The number of fused-ring (bicyclic) bond motifs is 13. The van der Waals surface area contributed by atoms with Crippen LogP contribution in [0.3, 0.4) is 0 Å². The molecule has 0 N–H and O–H groups in total. The first-order valence-electron chi connectivity index (χ1n) is 19.4. The smallest absolute Gasteiger partial charge is 0.158 e. The highest BCUT2D eigenvalue weighted by atomic mass is 32.1. The van der Waals surface area contributed by atoms with Crippen LogP contribution in [0.15, 0.2) is 71.8 Å². The van der Waals surface area contributed by atoms with Crippen molar-refractivity contribution in [3.63, 3.8) is 0 Å². The van der Waals surface area contributed by atoms with E-state index >= 15 is 0 Å². The number of hydrogen-bond acceptors (Lipinski definition) is 10. The lowest BCUT2D eigenvalue weighted by Gasteiger charge is -2.41. The van der Waals surface area contributed by atoms with Crippen LogP contribution in [-0.2, 0) is 11.2 Å². The molecule has 0 unspecified atom stereocenters. The Labute approximate surface area is 362 Å². The van der Waals surface area contributed by atoms with Crippen molar-refractivity contribution in [2.24, 2.45) is 0 Å². The number of ether oxygens (including phenoxy) is 2. The van der Waals surface area contributed by atoms with Gasteiger partial charge < -0.3 is 9.47 Å². The summed E-state index contributed by atoms with van der Waals surface area (Å²) >= 11 is 31.4. The quantitative estimate of drug-likeness (QED) is 0.127. The van der Waals surface area contributed by atoms with Crippen molar-refractivity contribution in [3.8, 4) is 31.0 Å². The van der Waals surface area contributed by atoms with Crippen LogP contribution in [-0.4, -0.2) is 19.5 Å². The lowest BCUT2D eigenvalue weighted by molar-refractivity contribution is 0.0258. The maximum atomic E-state index is 7.43. The third kappa shape index (κ3) is 4.90. The van der Waals surface area contributed by atoms with E-state index in [1.54, 1.807) is 0 Å². The second kappa shape index (κ2) is 12.7. The molecular formula is C46H32O2S8. The molecule has 276 valence electrons. The Kier molecular flexibility index (Phi) is 7.93. The van der Waals surface area contributed by atoms with Crippen LogP contribution in [0.25, 0.3) is 41.1 Å². The highest BCUT2D eigenvalue weighted by molar-refractivity contribution is 7.84. The molecule has 2 aromatic carbocycles. The molecule has 4 aromatic heterocycles. The summed E-state index contributed by atoms with van der Waals surface area (Å²) in [5, 5.41) is 0. The maximum absolute atomic E-state index is 7.43. The lowest BCUT2D eigenvalue weighted by atomic mass is 9.78. The van der Waals surface area contributed by atoms with Gasteiger partial charge in [-0.2, -0.15) is 0 Å². The van der Waals surface area contributed by atoms with Crippen LogP contribution in [0.5, 0.6) is 11.5 Å². The predicted molar refractivity (Wildman–Crippen MR) is 253 cm³/mol. The molecule has 0 bridgehead atoms. The SMILES string of the molecule is S=C1C(=Cc2cc3c(s2)-c2sc4c5c(sc4c2OC32CCCCC2)-c2sc(C=C3C(=S)c4ccccc4C3=S)cc2C2(CCCCC2)O5)C(=S)c2ccccc21. The second-order valence-corrected chi connectivity index (χ2v) is 21.6. The Balaban J connectivity index is 0.999. The fourth-order valence-corrected chi connectivity index (χ4v) is 16.7. The van der Waals surface area contributed by atoms with E-state index in [4.69, 9.17) is 58.3 Å². The molecule has 10 heteroatoms. The molecule has 2 aliphatic heterocycles. The summed E-state index contributed by atoms with van der Waals surface area (Å²) in [7, 11) is 0. The van der Waals surface area contributed by atoms with Crippen LogP contribution < -0.4 is 9.47 Å². The Morgan fingerprint density at radius 1 is 0.464 bits per heavy atom. The molecule has 0 radical (unpaired) electrons. The van der Waals surface area contributed by atoms with Crippen molar-refractivity contribution in [2.45, 2.75) is 75.4 Å². The van der Waals surface area contributed by atoms with Gasteiger partial charge in [-0.3, -0.25) is 0 Å². The topological polar surface area (TPSA) is 18.5 Å². The zero-order valence-electron chi connectivity index (χ0n) is 30.1. The second-order valence-electron chi connectivity index (χ2n) is 15.8. The van der Waals surface area contributed by atoms with E-state index in [9.17, 15) is 0 Å². The van der Waals surface area contributed by atoms with Gasteiger partial charge in [0.15, 0.2) is 11.5 Å². The van der Waals surface area contributed by atoms with Gasteiger partial charge in [-0.15, -0.1) is 45.3 Å². The number of benzene rings is 2. The van der Waals surface area contributed by atoms with Crippen LogP contribution in [0.1, 0.15) is 107 Å². The van der Waals surface area contributed by atoms with Gasteiger partial charge in [0.05, 0.1) is 48.4 Å². The first-order chi connectivity index (χ1) is 27.3. The summed E-state index contributed by atoms with van der Waals surface area (Å²) in [6, 6.07) is 21.3. The van der Waals surface area contributed by atoms with Crippen LogP contribution in [0.4, 0.5) is 0 Å². The Bertz CT molecular complexity index is 2590. The predicted octanol–water partition coefficient (Wildman–Crippen LogP) is 14.6. The number of thiophene rings is 4. The Morgan fingerprint density at radius 2 is 0.821 bits per heavy atom. The van der Waals surface area contributed by atoms with Crippen molar-refractivity contribution in [3.05, 3.63) is 115 Å². The minimum atomic E-state index is -0.333. The van der Waals surface area contributed by atoms with E-state index in [1.165, 1.54) is 88.3 Å². The van der Waals surface area contributed by atoms with E-state index in [0.29, 0.717) is 0 Å². The summed E-state index contributed by atoms with van der Waals surface area (Å²) in [4.78, 5) is 10.9. The van der Waals surface area contributed by atoms with E-state index in [-0.39, 0.29) is 11.2 Å². The van der Waals surface area contributed by atoms with Crippen molar-refractivity contribution in [2.75, 3.05) is 0 Å². The highest BCUT2D eigenvalue weighted by Crippen LogP contribution is 2.66. The average molecular weight is 873 g/mol. The zero-order chi connectivity index (χ0) is 37.5. The molecule has 2 nitrogen and oxygen atoms in total. The molecule has 4 aliphatic carbocycles. The van der Waals surface area contributed by atoms with E-state index < -0.39 is 0 Å². The molecule has 0 atom stereocenters. The number of rotatable bonds is 2. The molecule has 2 saturated carbocycles. The Morgan fingerprint density at radius 3 is 1.18 bits per heavy atom. The van der Waals surface area contributed by atoms with Gasteiger partial charge in [-0.05, 0) is 75.7 Å². The first-order valence-corrected chi connectivity index (χ1v) is 24.3. The fourth-order valence-electron chi connectivity index (χ4n) is 9.94. The molecule has 56 heavy (non-hydrogen) atoms. The molecule has 2 spiro atoms. The summed E-state index contributed by atoms with van der Waals surface area (Å²) < 4.78 is 17.3. The lowest BCUT2D eigenvalue weighted by Crippen LogP contribution is -2.37. The average Bonchev–Trinajstić information content (AvgIpc) is 4.07. The summed E-state index contributed by atoms with van der Waals surface area (Å²) in [6.07, 6.45) is 15.7. The van der Waals surface area contributed by atoms with Crippen molar-refractivity contribution < 1.29 is 9.47 Å². The molecule has 6 heterocycles. The van der Waals surface area contributed by atoms with E-state index in [1.807, 2.05) is 69.6 Å². The van der Waals surface area contributed by atoms with Gasteiger partial charge in [-0.25, -0.2) is 0 Å². The van der Waals surface area contributed by atoms with E-state index in [2.05, 4.69) is 48.6 Å². The molecule has 2 fully saturated rings. The minimum absolute atomic E-state index is 0.333. The fraction of sp³-hybridized carbons (Fsp3) is 0.261. The van der Waals surface area contributed by atoms with Gasteiger partial charge in [0.2, 0.25) is 0 Å².